The zero-order valence-electron chi connectivity index (χ0n) is 9.82. The fraction of sp³-hybridized carbons (Fsp3) is 0.462. The van der Waals surface area contributed by atoms with E-state index in [4.69, 9.17) is 0 Å². The number of carboxylic acid groups (broad SMARTS) is 1. The number of hydrogen-bond acceptors (Lipinski definition) is 2. The Morgan fingerprint density at radius 2 is 2.38 bits per heavy atom. The lowest BCUT2D eigenvalue weighted by atomic mass is 9.79. The van der Waals surface area contributed by atoms with Crippen LogP contribution in [0.15, 0.2) is 35.3 Å². The van der Waals surface area contributed by atoms with Crippen LogP contribution in [0.1, 0.15) is 26.2 Å². The van der Waals surface area contributed by atoms with E-state index in [0.29, 0.717) is 6.42 Å². The van der Waals surface area contributed by atoms with Gasteiger partial charge >= 0.3 is 5.97 Å². The Morgan fingerprint density at radius 3 is 2.88 bits per heavy atom. The number of rotatable bonds is 5. The van der Waals surface area contributed by atoms with E-state index in [9.17, 15) is 9.90 Å². The summed E-state index contributed by atoms with van der Waals surface area (Å²) in [4.78, 5) is 12.5. The smallest absolute Gasteiger partial charge is 0.317 e. The normalized spacial score (nSPS) is 24.0. The lowest BCUT2D eigenvalue weighted by Gasteiger charge is -2.26. The molecule has 0 amide bonds. The molecule has 0 aliphatic heterocycles. The van der Waals surface area contributed by atoms with Gasteiger partial charge in [-0.05, 0) is 37.3 Å². The van der Waals surface area contributed by atoms with Crippen molar-refractivity contribution in [2.45, 2.75) is 26.2 Å². The Labute approximate surface area is 101 Å². The molecule has 0 bridgehead atoms. The maximum atomic E-state index is 11.4. The molecule has 0 heterocycles. The highest BCUT2D eigenvalue weighted by atomic mass is 32.2. The van der Waals surface area contributed by atoms with Gasteiger partial charge in [0.25, 0.3) is 0 Å². The molecule has 0 saturated carbocycles. The molecule has 88 valence electrons. The molecule has 0 aromatic heterocycles. The van der Waals surface area contributed by atoms with Gasteiger partial charge in [-0.2, -0.15) is 0 Å². The number of hydrogen-bond donors (Lipinski definition) is 1. The third-order valence-corrected chi connectivity index (χ3v) is 3.59. The van der Waals surface area contributed by atoms with Gasteiger partial charge in [-0.3, -0.25) is 4.79 Å². The van der Waals surface area contributed by atoms with E-state index >= 15 is 0 Å². The highest BCUT2D eigenvalue weighted by Gasteiger charge is 2.34. The Hall–Kier alpha value is -0.960. The van der Waals surface area contributed by atoms with Crippen LogP contribution in [0.4, 0.5) is 0 Å². The van der Waals surface area contributed by atoms with E-state index in [-0.39, 0.29) is 0 Å². The average Bonchev–Trinajstić information content (AvgIpc) is 2.26. The molecule has 0 aromatic rings. The maximum Gasteiger partial charge on any atom is 0.317 e. The summed E-state index contributed by atoms with van der Waals surface area (Å²) in [6, 6.07) is 0. The molecular weight excluding hydrogens is 220 g/mol. The van der Waals surface area contributed by atoms with Gasteiger partial charge in [-0.15, -0.1) is 18.3 Å². The van der Waals surface area contributed by atoms with Crippen molar-refractivity contribution in [2.24, 2.45) is 5.41 Å². The van der Waals surface area contributed by atoms with Crippen molar-refractivity contribution in [1.29, 1.82) is 0 Å². The lowest BCUT2D eigenvalue weighted by molar-refractivity contribution is -0.143. The fourth-order valence-electron chi connectivity index (χ4n) is 1.74. The van der Waals surface area contributed by atoms with Crippen molar-refractivity contribution in [2.75, 3.05) is 6.26 Å². The van der Waals surface area contributed by atoms with Crippen LogP contribution in [0, 0.1) is 5.41 Å². The molecule has 1 atom stereocenters. The maximum absolute atomic E-state index is 11.4. The summed E-state index contributed by atoms with van der Waals surface area (Å²) in [7, 11) is 0. The summed E-state index contributed by atoms with van der Waals surface area (Å²) in [5, 5.41) is 9.38. The van der Waals surface area contributed by atoms with Gasteiger partial charge < -0.3 is 5.11 Å². The minimum Gasteiger partial charge on any atom is -0.480 e. The fourth-order valence-corrected chi connectivity index (χ4v) is 2.33. The molecule has 1 aliphatic rings. The third kappa shape index (κ3) is 3.01. The van der Waals surface area contributed by atoms with Crippen molar-refractivity contribution >= 4 is 17.7 Å². The molecule has 3 heteroatoms. The Morgan fingerprint density at radius 1 is 1.69 bits per heavy atom. The summed E-state index contributed by atoms with van der Waals surface area (Å²) in [5.74, 6) is -0.767. The molecule has 0 spiro atoms. The summed E-state index contributed by atoms with van der Waals surface area (Å²) in [6.07, 6.45) is 9.84. The van der Waals surface area contributed by atoms with Crippen molar-refractivity contribution < 1.29 is 9.90 Å². The first-order valence-corrected chi connectivity index (χ1v) is 6.54. The van der Waals surface area contributed by atoms with E-state index in [2.05, 4.69) is 6.58 Å². The quantitative estimate of drug-likeness (QED) is 0.743. The van der Waals surface area contributed by atoms with E-state index in [1.165, 1.54) is 0 Å². The summed E-state index contributed by atoms with van der Waals surface area (Å²) in [5.41, 5.74) is 0.203. The van der Waals surface area contributed by atoms with Gasteiger partial charge in [-0.1, -0.05) is 23.8 Å². The Bertz CT molecular complexity index is 355. The first-order chi connectivity index (χ1) is 7.50. The number of aliphatic carboxylic acids is 1. The molecule has 0 fully saturated rings. The highest BCUT2D eigenvalue weighted by Crippen LogP contribution is 2.37. The summed E-state index contributed by atoms with van der Waals surface area (Å²) >= 11 is 1.62. The first-order valence-electron chi connectivity index (χ1n) is 5.31. The molecule has 1 unspecified atom stereocenters. The Kier molecular flexibility index (Phi) is 4.42. The SMILES string of the molecule is C=C(C)CCC1(C(=O)O)C=CCC(SC)=C1. The van der Waals surface area contributed by atoms with Gasteiger partial charge in [0, 0.05) is 0 Å². The van der Waals surface area contributed by atoms with Gasteiger partial charge in [0.2, 0.25) is 0 Å². The van der Waals surface area contributed by atoms with Crippen LogP contribution >= 0.6 is 11.8 Å². The molecule has 2 nitrogen and oxygen atoms in total. The zero-order chi connectivity index (χ0) is 12.2. The molecule has 0 radical (unpaired) electrons. The molecule has 0 saturated heterocycles. The molecule has 1 aliphatic carbocycles. The number of carbonyl (C=O) groups is 1. The second-order valence-electron chi connectivity index (χ2n) is 4.22. The highest BCUT2D eigenvalue weighted by molar-refractivity contribution is 8.02. The van der Waals surface area contributed by atoms with Crippen LogP contribution < -0.4 is 0 Å². The predicted octanol–water partition coefficient (Wildman–Crippen LogP) is 3.62. The van der Waals surface area contributed by atoms with Crippen LogP contribution in [-0.2, 0) is 4.79 Å². The van der Waals surface area contributed by atoms with Crippen LogP contribution in [-0.4, -0.2) is 17.3 Å². The average molecular weight is 238 g/mol. The second-order valence-corrected chi connectivity index (χ2v) is 5.16. The van der Waals surface area contributed by atoms with Gasteiger partial charge in [0.05, 0.1) is 0 Å². The van der Waals surface area contributed by atoms with E-state index in [0.717, 1.165) is 23.3 Å². The zero-order valence-corrected chi connectivity index (χ0v) is 10.6. The summed E-state index contributed by atoms with van der Waals surface area (Å²) < 4.78 is 0. The first kappa shape index (κ1) is 13.1. The molecule has 1 N–H and O–H groups in total. The molecule has 16 heavy (non-hydrogen) atoms. The standard InChI is InChI=1S/C13H18O2S/c1-10(2)6-8-13(12(14)15)7-4-5-11(9-13)16-3/h4,7,9H,1,5-6,8H2,2-3H3,(H,14,15). The Balaban J connectivity index is 2.92. The topological polar surface area (TPSA) is 37.3 Å². The van der Waals surface area contributed by atoms with E-state index in [1.807, 2.05) is 31.4 Å². The second kappa shape index (κ2) is 5.39. The minimum absolute atomic E-state index is 0.595. The van der Waals surface area contributed by atoms with Crippen LogP contribution in [0.3, 0.4) is 0 Å². The molecular formula is C13H18O2S. The number of allylic oxidation sites excluding steroid dienone is 3. The van der Waals surface area contributed by atoms with E-state index < -0.39 is 11.4 Å². The van der Waals surface area contributed by atoms with Crippen LogP contribution in [0.5, 0.6) is 0 Å². The summed E-state index contributed by atoms with van der Waals surface area (Å²) in [6.45, 7) is 5.76. The lowest BCUT2D eigenvalue weighted by Crippen LogP contribution is -2.28. The third-order valence-electron chi connectivity index (χ3n) is 2.78. The van der Waals surface area contributed by atoms with Crippen LogP contribution in [0.25, 0.3) is 0 Å². The van der Waals surface area contributed by atoms with E-state index in [1.54, 1.807) is 11.8 Å². The van der Waals surface area contributed by atoms with Crippen LogP contribution in [0.2, 0.25) is 0 Å². The van der Waals surface area contributed by atoms with Gasteiger partial charge in [-0.25, -0.2) is 0 Å². The van der Waals surface area contributed by atoms with Crippen molar-refractivity contribution in [1.82, 2.24) is 0 Å². The van der Waals surface area contributed by atoms with Gasteiger partial charge in [0.15, 0.2) is 0 Å². The van der Waals surface area contributed by atoms with Crippen molar-refractivity contribution in [3.8, 4) is 0 Å². The largest absolute Gasteiger partial charge is 0.480 e. The van der Waals surface area contributed by atoms with Crippen molar-refractivity contribution in [3.05, 3.63) is 35.3 Å². The number of carboxylic acids is 1. The van der Waals surface area contributed by atoms with Crippen molar-refractivity contribution in [3.63, 3.8) is 0 Å². The monoisotopic (exact) mass is 238 g/mol. The van der Waals surface area contributed by atoms with Gasteiger partial charge in [0.1, 0.15) is 5.41 Å². The predicted molar refractivity (Wildman–Crippen MR) is 69.5 cm³/mol. The molecule has 1 rings (SSSR count). The molecule has 0 aromatic carbocycles. The number of thioether (sulfide) groups is 1. The minimum atomic E-state index is -0.824.